The molecule has 0 saturated heterocycles. The zero-order valence-electron chi connectivity index (χ0n) is 9.89. The van der Waals surface area contributed by atoms with Crippen molar-refractivity contribution in [2.24, 2.45) is 0 Å². The lowest BCUT2D eigenvalue weighted by atomic mass is 10.1. The van der Waals surface area contributed by atoms with E-state index < -0.39 is 8.03 Å². The number of hydrogen-bond acceptors (Lipinski definition) is 2. The second-order valence-electron chi connectivity index (χ2n) is 3.83. The van der Waals surface area contributed by atoms with Gasteiger partial charge in [-0.1, -0.05) is 43.7 Å². The molecule has 0 aliphatic carbocycles. The van der Waals surface area contributed by atoms with Crippen LogP contribution in [0.5, 0.6) is 0 Å². The minimum Gasteiger partial charge on any atom is -0.146 e. The van der Waals surface area contributed by atoms with E-state index in [-0.39, 0.29) is 0 Å². The predicted octanol–water partition coefficient (Wildman–Crippen LogP) is 4.18. The van der Waals surface area contributed by atoms with Crippen LogP contribution in [0.3, 0.4) is 0 Å². The zero-order chi connectivity index (χ0) is 11.6. The minimum absolute atomic E-state index is 0.636. The van der Waals surface area contributed by atoms with Crippen LogP contribution in [0, 0.1) is 0 Å². The lowest BCUT2D eigenvalue weighted by Crippen LogP contribution is -1.91. The molecule has 16 heavy (non-hydrogen) atoms. The highest BCUT2D eigenvalue weighted by atomic mass is 31.1. The van der Waals surface area contributed by atoms with Crippen molar-refractivity contribution in [2.45, 2.75) is 32.6 Å². The largest absolute Gasteiger partial charge is 0.508 e. The van der Waals surface area contributed by atoms with Gasteiger partial charge >= 0.3 is 8.03 Å². The van der Waals surface area contributed by atoms with Gasteiger partial charge in [-0.15, -0.1) is 4.52 Å². The summed E-state index contributed by atoms with van der Waals surface area (Å²) in [5, 5.41) is 0. The molecule has 3 heteroatoms. The first-order chi connectivity index (χ1) is 7.83. The van der Waals surface area contributed by atoms with Crippen molar-refractivity contribution >= 4 is 8.03 Å². The van der Waals surface area contributed by atoms with E-state index in [0.29, 0.717) is 12.8 Å². The van der Waals surface area contributed by atoms with Crippen molar-refractivity contribution in [1.82, 2.24) is 0 Å². The molecule has 0 saturated carbocycles. The van der Waals surface area contributed by atoms with Gasteiger partial charge in [0.25, 0.3) is 0 Å². The van der Waals surface area contributed by atoms with E-state index in [9.17, 15) is 4.57 Å². The van der Waals surface area contributed by atoms with E-state index in [1.165, 1.54) is 5.56 Å². The maximum Gasteiger partial charge on any atom is 0.508 e. The summed E-state index contributed by atoms with van der Waals surface area (Å²) in [4.78, 5) is 0. The average Bonchev–Trinajstić information content (AvgIpc) is 2.31. The average molecular weight is 239 g/mol. The van der Waals surface area contributed by atoms with Crippen LogP contribution in [0.2, 0.25) is 0 Å². The first-order valence-corrected chi connectivity index (χ1v) is 7.30. The van der Waals surface area contributed by atoms with E-state index in [4.69, 9.17) is 4.52 Å². The van der Waals surface area contributed by atoms with Gasteiger partial charge in [-0.25, -0.2) is 0 Å². The van der Waals surface area contributed by atoms with Crippen molar-refractivity contribution in [3.8, 4) is 0 Å². The third-order valence-electron chi connectivity index (χ3n) is 2.38. The molecule has 0 heterocycles. The smallest absolute Gasteiger partial charge is 0.146 e. The molecule has 0 radical (unpaired) electrons. The molecular weight excluding hydrogens is 219 g/mol. The maximum atomic E-state index is 11.4. The molecule has 0 N–H and O–H groups in total. The van der Waals surface area contributed by atoms with Gasteiger partial charge in [0.2, 0.25) is 0 Å². The number of unbranched alkanes of at least 4 members (excludes halogenated alkanes) is 1. The summed E-state index contributed by atoms with van der Waals surface area (Å²) < 4.78 is 16.7. The molecule has 1 aromatic rings. The molecule has 0 amide bonds. The molecule has 1 unspecified atom stereocenters. The number of aryl methyl sites for hydroxylation is 1. The first kappa shape index (κ1) is 13.3. The second kappa shape index (κ2) is 8.43. The lowest BCUT2D eigenvalue weighted by molar-refractivity contribution is 0.320. The second-order valence-corrected chi connectivity index (χ2v) is 5.20. The van der Waals surface area contributed by atoms with Gasteiger partial charge in [-0.3, -0.25) is 0 Å². The Bertz CT molecular complexity index is 298. The Morgan fingerprint density at radius 1 is 1.19 bits per heavy atom. The molecule has 1 aromatic carbocycles. The first-order valence-electron chi connectivity index (χ1n) is 5.94. The van der Waals surface area contributed by atoms with E-state index in [1.54, 1.807) is 0 Å². The van der Waals surface area contributed by atoms with Crippen molar-refractivity contribution < 1.29 is 9.09 Å². The summed E-state index contributed by atoms with van der Waals surface area (Å²) in [6.45, 7) is 2.74. The molecule has 0 spiro atoms. The molecule has 0 aromatic heterocycles. The molecule has 2 nitrogen and oxygen atoms in total. The van der Waals surface area contributed by atoms with Gasteiger partial charge in [-0.2, -0.15) is 0 Å². The Balaban J connectivity index is 2.09. The fourth-order valence-corrected chi connectivity index (χ4v) is 2.31. The highest BCUT2D eigenvalue weighted by Gasteiger charge is 2.15. The number of hydrogen-bond donors (Lipinski definition) is 0. The van der Waals surface area contributed by atoms with E-state index in [0.717, 1.165) is 25.7 Å². The highest BCUT2D eigenvalue weighted by Crippen LogP contribution is 2.24. The summed E-state index contributed by atoms with van der Waals surface area (Å²) in [6, 6.07) is 10.3. The Morgan fingerprint density at radius 2 is 1.94 bits per heavy atom. The van der Waals surface area contributed by atoms with Crippen molar-refractivity contribution in [2.75, 3.05) is 12.8 Å². The Kier molecular flexibility index (Phi) is 7.03. The van der Waals surface area contributed by atoms with Gasteiger partial charge < -0.3 is 0 Å². The molecule has 0 fully saturated rings. The van der Waals surface area contributed by atoms with E-state index in [1.807, 2.05) is 18.2 Å². The van der Waals surface area contributed by atoms with Crippen LogP contribution in [0.1, 0.15) is 31.7 Å². The Hall–Kier alpha value is -0.720. The van der Waals surface area contributed by atoms with Crippen molar-refractivity contribution in [1.29, 1.82) is 0 Å². The molecule has 1 rings (SSSR count). The Labute approximate surface area is 98.9 Å². The summed E-state index contributed by atoms with van der Waals surface area (Å²) in [6.07, 6.45) is 4.69. The van der Waals surface area contributed by atoms with Crippen LogP contribution >= 0.6 is 8.03 Å². The molecule has 0 aliphatic rings. The maximum absolute atomic E-state index is 11.4. The molecule has 0 bridgehead atoms. The third kappa shape index (κ3) is 5.99. The lowest BCUT2D eigenvalue weighted by Gasteiger charge is -1.96. The number of rotatable bonds is 8. The van der Waals surface area contributed by atoms with E-state index >= 15 is 0 Å². The highest BCUT2D eigenvalue weighted by molar-refractivity contribution is 7.39. The quantitative estimate of drug-likeness (QED) is 0.502. The van der Waals surface area contributed by atoms with Crippen LogP contribution in [0.4, 0.5) is 0 Å². The molecule has 88 valence electrons. The van der Waals surface area contributed by atoms with Gasteiger partial charge in [-0.05, 0) is 29.4 Å². The fourth-order valence-electron chi connectivity index (χ4n) is 1.43. The van der Waals surface area contributed by atoms with Gasteiger partial charge in [0.05, 0.1) is 0 Å². The summed E-state index contributed by atoms with van der Waals surface area (Å²) in [7, 11) is -1.44. The monoisotopic (exact) mass is 239 g/mol. The number of benzene rings is 1. The minimum atomic E-state index is -1.44. The van der Waals surface area contributed by atoms with Crippen molar-refractivity contribution in [3.05, 3.63) is 35.9 Å². The summed E-state index contributed by atoms with van der Waals surface area (Å²) in [5.41, 5.74) is 1.31. The van der Waals surface area contributed by atoms with E-state index in [2.05, 4.69) is 19.1 Å². The summed E-state index contributed by atoms with van der Waals surface area (Å²) >= 11 is 0. The van der Waals surface area contributed by atoms with Gasteiger partial charge in [0.15, 0.2) is 6.16 Å². The third-order valence-corrected chi connectivity index (χ3v) is 3.53. The van der Waals surface area contributed by atoms with Crippen LogP contribution in [-0.2, 0) is 15.5 Å². The predicted molar refractivity (Wildman–Crippen MR) is 68.1 cm³/mol. The summed E-state index contributed by atoms with van der Waals surface area (Å²) in [5.74, 6) is 0. The standard InChI is InChI=1S/C13H20O2P/c1-2-3-11-15-16(14)12-7-10-13-8-5-4-6-9-13/h4-6,8-9H,2-3,7,10-12H2,1H3/q+1. The van der Waals surface area contributed by atoms with Gasteiger partial charge in [0.1, 0.15) is 6.61 Å². The SMILES string of the molecule is CCCCO[P+](=O)CCCc1ccccc1. The normalized spacial score (nSPS) is 11.4. The molecular formula is C13H20O2P+. The van der Waals surface area contributed by atoms with Crippen LogP contribution in [0.15, 0.2) is 30.3 Å². The van der Waals surface area contributed by atoms with Crippen molar-refractivity contribution in [3.63, 3.8) is 0 Å². The zero-order valence-corrected chi connectivity index (χ0v) is 10.8. The fraction of sp³-hybridized carbons (Fsp3) is 0.538. The molecule has 0 aliphatic heterocycles. The molecule has 1 atom stereocenters. The van der Waals surface area contributed by atoms with Crippen LogP contribution < -0.4 is 0 Å². The van der Waals surface area contributed by atoms with Crippen LogP contribution in [-0.4, -0.2) is 12.8 Å². The Morgan fingerprint density at radius 3 is 2.62 bits per heavy atom. The van der Waals surface area contributed by atoms with Gasteiger partial charge in [0, 0.05) is 0 Å². The van der Waals surface area contributed by atoms with Crippen LogP contribution in [0.25, 0.3) is 0 Å². The topological polar surface area (TPSA) is 26.3 Å².